The van der Waals surface area contributed by atoms with E-state index in [1.165, 1.54) is 31.7 Å². The number of benzene rings is 1. The molecule has 4 rings (SSSR count). The third-order valence-electron chi connectivity index (χ3n) is 5.90. The second-order valence-corrected chi connectivity index (χ2v) is 8.45. The molecule has 1 saturated carbocycles. The summed E-state index contributed by atoms with van der Waals surface area (Å²) < 4.78 is 20.0. The predicted molar refractivity (Wildman–Crippen MR) is 122 cm³/mol. The van der Waals surface area contributed by atoms with E-state index in [0.717, 1.165) is 30.0 Å². The molecule has 1 atom stereocenters. The molecule has 6 nitrogen and oxygen atoms in total. The Kier molecular flexibility index (Phi) is 6.89. The predicted octanol–water partition coefficient (Wildman–Crippen LogP) is 4.04. The second-order valence-electron chi connectivity index (χ2n) is 8.45. The van der Waals surface area contributed by atoms with Crippen LogP contribution in [-0.4, -0.2) is 37.7 Å². The molecule has 1 aliphatic carbocycles. The first-order chi connectivity index (χ1) is 15.1. The van der Waals surface area contributed by atoms with Crippen LogP contribution < -0.4 is 20.3 Å². The van der Waals surface area contributed by atoms with Gasteiger partial charge >= 0.3 is 0 Å². The highest BCUT2D eigenvalue weighted by molar-refractivity contribution is 5.80. The summed E-state index contributed by atoms with van der Waals surface area (Å²) in [5.74, 6) is 2.31. The van der Waals surface area contributed by atoms with Crippen LogP contribution in [0.25, 0.3) is 0 Å². The van der Waals surface area contributed by atoms with Crippen molar-refractivity contribution in [1.82, 2.24) is 15.6 Å². The van der Waals surface area contributed by atoms with Crippen molar-refractivity contribution in [2.75, 3.05) is 31.6 Å². The number of aliphatic imine (C=N–C) groups is 1. The number of aromatic nitrogens is 1. The van der Waals surface area contributed by atoms with E-state index in [0.29, 0.717) is 30.8 Å². The van der Waals surface area contributed by atoms with Crippen LogP contribution in [0.5, 0.6) is 5.75 Å². The van der Waals surface area contributed by atoms with Crippen LogP contribution in [0.3, 0.4) is 0 Å². The van der Waals surface area contributed by atoms with Crippen molar-refractivity contribution in [3.63, 3.8) is 0 Å². The number of pyridine rings is 1. The third kappa shape index (κ3) is 5.87. The van der Waals surface area contributed by atoms with Crippen LogP contribution in [0.15, 0.2) is 41.5 Å². The Labute approximate surface area is 183 Å². The lowest BCUT2D eigenvalue weighted by Gasteiger charge is -2.19. The number of ether oxygens (including phenoxy) is 1. The molecule has 1 aromatic heterocycles. The lowest BCUT2D eigenvalue weighted by Crippen LogP contribution is -2.38. The minimum atomic E-state index is -0.320. The van der Waals surface area contributed by atoms with Gasteiger partial charge in [0, 0.05) is 32.9 Å². The number of rotatable bonds is 8. The van der Waals surface area contributed by atoms with Crippen molar-refractivity contribution in [3.05, 3.63) is 53.5 Å². The number of nitrogens with one attached hydrogen (secondary N) is 2. The standard InChI is InChI=1S/C24H32FN5O/c1-17(20-8-9-22(21(25)13-20)31-16-18-5-6-18)29-24(26-2)28-15-19-7-10-23(27-14-19)30-11-3-4-12-30/h7-10,13-14,17-18H,3-6,11-12,15-16H2,1-2H3,(H2,26,28,29). The number of nitrogens with zero attached hydrogens (tertiary/aromatic N) is 3. The Balaban J connectivity index is 1.28. The fraction of sp³-hybridized carbons (Fsp3) is 0.500. The summed E-state index contributed by atoms with van der Waals surface area (Å²) in [5, 5.41) is 6.63. The minimum Gasteiger partial charge on any atom is -0.490 e. The highest BCUT2D eigenvalue weighted by Gasteiger charge is 2.22. The van der Waals surface area contributed by atoms with Crippen molar-refractivity contribution >= 4 is 11.8 Å². The van der Waals surface area contributed by atoms with Crippen LogP contribution in [0.2, 0.25) is 0 Å². The molecule has 7 heteroatoms. The highest BCUT2D eigenvalue weighted by atomic mass is 19.1. The topological polar surface area (TPSA) is 61.8 Å². The van der Waals surface area contributed by atoms with E-state index in [1.807, 2.05) is 19.2 Å². The molecule has 1 unspecified atom stereocenters. The Morgan fingerprint density at radius 3 is 2.71 bits per heavy atom. The monoisotopic (exact) mass is 425 g/mol. The lowest BCUT2D eigenvalue weighted by atomic mass is 10.1. The van der Waals surface area contributed by atoms with E-state index in [-0.39, 0.29) is 11.9 Å². The number of anilines is 1. The molecule has 0 amide bonds. The van der Waals surface area contributed by atoms with Gasteiger partial charge in [-0.1, -0.05) is 12.1 Å². The first-order valence-corrected chi connectivity index (χ1v) is 11.2. The fourth-order valence-electron chi connectivity index (χ4n) is 3.72. The Morgan fingerprint density at radius 2 is 2.06 bits per heavy atom. The van der Waals surface area contributed by atoms with Gasteiger partial charge in [-0.3, -0.25) is 4.99 Å². The quantitative estimate of drug-likeness (QED) is 0.494. The average molecular weight is 426 g/mol. The fourth-order valence-corrected chi connectivity index (χ4v) is 3.72. The number of hydrogen-bond donors (Lipinski definition) is 2. The Hall–Kier alpha value is -2.83. The number of hydrogen-bond acceptors (Lipinski definition) is 4. The number of halogens is 1. The van der Waals surface area contributed by atoms with Gasteiger partial charge in [0.2, 0.25) is 0 Å². The van der Waals surface area contributed by atoms with Crippen molar-refractivity contribution in [2.24, 2.45) is 10.9 Å². The maximum Gasteiger partial charge on any atom is 0.191 e. The zero-order chi connectivity index (χ0) is 21.6. The summed E-state index contributed by atoms with van der Waals surface area (Å²) in [6.45, 7) is 5.38. The summed E-state index contributed by atoms with van der Waals surface area (Å²) in [6, 6.07) is 9.23. The smallest absolute Gasteiger partial charge is 0.191 e. The Bertz CT molecular complexity index is 891. The SMILES string of the molecule is CN=C(NCc1ccc(N2CCCC2)nc1)NC(C)c1ccc(OCC2CC2)c(F)c1. The van der Waals surface area contributed by atoms with Crippen molar-refractivity contribution in [3.8, 4) is 5.75 Å². The molecular weight excluding hydrogens is 393 g/mol. The maximum atomic E-state index is 14.4. The van der Waals surface area contributed by atoms with Gasteiger partial charge in [-0.15, -0.1) is 0 Å². The van der Waals surface area contributed by atoms with Gasteiger partial charge < -0.3 is 20.3 Å². The van der Waals surface area contributed by atoms with Gasteiger partial charge in [-0.25, -0.2) is 9.37 Å². The summed E-state index contributed by atoms with van der Waals surface area (Å²) in [7, 11) is 1.73. The van der Waals surface area contributed by atoms with Crippen molar-refractivity contribution in [2.45, 2.75) is 45.2 Å². The molecule has 2 aliphatic rings. The van der Waals surface area contributed by atoms with Gasteiger partial charge in [0.05, 0.1) is 12.6 Å². The molecule has 0 radical (unpaired) electrons. The maximum absolute atomic E-state index is 14.4. The van der Waals surface area contributed by atoms with Crippen LogP contribution in [-0.2, 0) is 6.54 Å². The molecule has 2 fully saturated rings. The van der Waals surface area contributed by atoms with Gasteiger partial charge in [-0.05, 0) is 67.9 Å². The van der Waals surface area contributed by atoms with Crippen LogP contribution >= 0.6 is 0 Å². The molecule has 1 aliphatic heterocycles. The zero-order valence-corrected chi connectivity index (χ0v) is 18.4. The number of guanidine groups is 1. The van der Waals surface area contributed by atoms with Crippen LogP contribution in [0.4, 0.5) is 10.2 Å². The molecule has 0 spiro atoms. The Morgan fingerprint density at radius 1 is 1.26 bits per heavy atom. The van der Waals surface area contributed by atoms with Gasteiger partial charge in [0.1, 0.15) is 5.82 Å². The molecule has 2 aromatic rings. The molecule has 31 heavy (non-hydrogen) atoms. The lowest BCUT2D eigenvalue weighted by molar-refractivity contribution is 0.285. The van der Waals surface area contributed by atoms with E-state index in [1.54, 1.807) is 13.1 Å². The van der Waals surface area contributed by atoms with Gasteiger partial charge in [0.25, 0.3) is 0 Å². The molecule has 1 aromatic carbocycles. The van der Waals surface area contributed by atoms with Crippen LogP contribution in [0.1, 0.15) is 49.8 Å². The minimum absolute atomic E-state index is 0.103. The van der Waals surface area contributed by atoms with Crippen molar-refractivity contribution in [1.29, 1.82) is 0 Å². The summed E-state index contributed by atoms with van der Waals surface area (Å²) >= 11 is 0. The second kappa shape index (κ2) is 9.98. The average Bonchev–Trinajstić information content (AvgIpc) is 3.46. The summed E-state index contributed by atoms with van der Waals surface area (Å²) in [5.41, 5.74) is 1.93. The zero-order valence-electron chi connectivity index (χ0n) is 18.4. The molecule has 0 bridgehead atoms. The highest BCUT2D eigenvalue weighted by Crippen LogP contribution is 2.30. The van der Waals surface area contributed by atoms with E-state index >= 15 is 0 Å². The largest absolute Gasteiger partial charge is 0.490 e. The van der Waals surface area contributed by atoms with Crippen LogP contribution in [0, 0.1) is 11.7 Å². The molecule has 166 valence electrons. The van der Waals surface area contributed by atoms with Crippen molar-refractivity contribution < 1.29 is 9.13 Å². The molecular formula is C24H32FN5O. The first-order valence-electron chi connectivity index (χ1n) is 11.2. The summed E-state index contributed by atoms with van der Waals surface area (Å²) in [6.07, 6.45) is 6.76. The van der Waals surface area contributed by atoms with Gasteiger partial charge in [-0.2, -0.15) is 0 Å². The van der Waals surface area contributed by atoms with E-state index in [9.17, 15) is 4.39 Å². The molecule has 2 heterocycles. The molecule has 2 N–H and O–H groups in total. The van der Waals surface area contributed by atoms with E-state index in [2.05, 4.69) is 37.6 Å². The van der Waals surface area contributed by atoms with Gasteiger partial charge in [0.15, 0.2) is 17.5 Å². The summed E-state index contributed by atoms with van der Waals surface area (Å²) in [4.78, 5) is 11.2. The third-order valence-corrected chi connectivity index (χ3v) is 5.90. The molecule has 1 saturated heterocycles. The van der Waals surface area contributed by atoms with E-state index < -0.39 is 0 Å². The van der Waals surface area contributed by atoms with E-state index in [4.69, 9.17) is 4.74 Å². The normalized spacial score (nSPS) is 17.5. The first kappa shape index (κ1) is 21.4.